The summed E-state index contributed by atoms with van der Waals surface area (Å²) < 4.78 is 15.5. The van der Waals surface area contributed by atoms with E-state index in [1.807, 2.05) is 34.2 Å². The Labute approximate surface area is 153 Å². The molecule has 130 valence electrons. The lowest BCUT2D eigenvalue weighted by Crippen LogP contribution is -2.27. The number of para-hydroxylation sites is 2. The minimum absolute atomic E-state index is 0.0851. The van der Waals surface area contributed by atoms with Crippen LogP contribution in [0.5, 0.6) is 0 Å². The van der Waals surface area contributed by atoms with Gasteiger partial charge >= 0.3 is 0 Å². The minimum Gasteiger partial charge on any atom is -0.350 e. The van der Waals surface area contributed by atoms with Crippen molar-refractivity contribution in [3.05, 3.63) is 70.8 Å². The highest BCUT2D eigenvalue weighted by molar-refractivity contribution is 7.07. The molecule has 0 aliphatic heterocycles. The number of rotatable bonds is 5. The van der Waals surface area contributed by atoms with E-state index in [0.29, 0.717) is 11.4 Å². The molecule has 0 fully saturated rings. The van der Waals surface area contributed by atoms with Gasteiger partial charge in [-0.3, -0.25) is 4.79 Å². The van der Waals surface area contributed by atoms with Crippen molar-refractivity contribution >= 4 is 28.3 Å². The Kier molecular flexibility index (Phi) is 4.45. The van der Waals surface area contributed by atoms with E-state index in [-0.39, 0.29) is 24.8 Å². The van der Waals surface area contributed by atoms with Gasteiger partial charge in [0.2, 0.25) is 5.91 Å². The van der Waals surface area contributed by atoms with Crippen LogP contribution in [0.1, 0.15) is 5.56 Å². The molecule has 0 saturated heterocycles. The molecule has 2 aromatic carbocycles. The lowest BCUT2D eigenvalue weighted by atomic mass is 10.2. The van der Waals surface area contributed by atoms with E-state index in [1.165, 1.54) is 17.4 Å². The fourth-order valence-electron chi connectivity index (χ4n) is 2.79. The molecule has 26 heavy (non-hydrogen) atoms. The summed E-state index contributed by atoms with van der Waals surface area (Å²) in [6.45, 7) is 0.228. The summed E-state index contributed by atoms with van der Waals surface area (Å²) in [6.07, 6.45) is 0. The molecule has 2 heterocycles. The Hall–Kier alpha value is -3.06. The van der Waals surface area contributed by atoms with Crippen LogP contribution in [0.15, 0.2) is 59.4 Å². The first-order valence-corrected chi connectivity index (χ1v) is 9.00. The number of amides is 1. The van der Waals surface area contributed by atoms with Crippen molar-refractivity contribution in [1.29, 1.82) is 0 Å². The number of hydrogen-bond acceptors (Lipinski definition) is 4. The number of nitrogens with one attached hydrogen (secondary N) is 1. The summed E-state index contributed by atoms with van der Waals surface area (Å²) in [5, 5.41) is 4.67. The number of aromatic nitrogens is 3. The third-order valence-corrected chi connectivity index (χ3v) is 4.64. The SMILES string of the molecule is O=C(Cn1c(-c2cscn2)nc2ccccc21)NCc1ccccc1F. The van der Waals surface area contributed by atoms with Crippen molar-refractivity contribution in [3.8, 4) is 11.5 Å². The van der Waals surface area contributed by atoms with Crippen LogP contribution in [0.3, 0.4) is 0 Å². The van der Waals surface area contributed by atoms with Gasteiger partial charge in [0, 0.05) is 17.5 Å². The largest absolute Gasteiger partial charge is 0.350 e. The molecule has 4 rings (SSSR count). The van der Waals surface area contributed by atoms with Crippen LogP contribution in [0.2, 0.25) is 0 Å². The number of imidazole rings is 1. The molecule has 0 radical (unpaired) electrons. The van der Waals surface area contributed by atoms with Gasteiger partial charge in [-0.2, -0.15) is 0 Å². The van der Waals surface area contributed by atoms with Gasteiger partial charge in [-0.15, -0.1) is 11.3 Å². The van der Waals surface area contributed by atoms with Crippen LogP contribution in [0.4, 0.5) is 4.39 Å². The quantitative estimate of drug-likeness (QED) is 0.587. The summed E-state index contributed by atoms with van der Waals surface area (Å²) in [6, 6.07) is 14.0. The van der Waals surface area contributed by atoms with E-state index < -0.39 is 0 Å². The van der Waals surface area contributed by atoms with Crippen LogP contribution < -0.4 is 5.32 Å². The van der Waals surface area contributed by atoms with Gasteiger partial charge < -0.3 is 9.88 Å². The van der Waals surface area contributed by atoms with E-state index in [4.69, 9.17) is 0 Å². The standard InChI is InChI=1S/C19H15FN4OS/c20-14-6-2-1-5-13(14)9-21-18(25)10-24-17-8-4-3-7-15(17)23-19(24)16-11-26-12-22-16/h1-8,11-12H,9-10H2,(H,21,25). The summed E-state index contributed by atoms with van der Waals surface area (Å²) in [5.41, 5.74) is 4.58. The van der Waals surface area contributed by atoms with Gasteiger partial charge in [0.25, 0.3) is 0 Å². The smallest absolute Gasteiger partial charge is 0.240 e. The molecule has 0 aliphatic rings. The highest BCUT2D eigenvalue weighted by atomic mass is 32.1. The highest BCUT2D eigenvalue weighted by Crippen LogP contribution is 2.24. The summed E-state index contributed by atoms with van der Waals surface area (Å²) in [4.78, 5) is 21.4. The molecule has 0 spiro atoms. The summed E-state index contributed by atoms with van der Waals surface area (Å²) in [7, 11) is 0. The van der Waals surface area contributed by atoms with Crippen LogP contribution in [-0.4, -0.2) is 20.4 Å². The monoisotopic (exact) mass is 366 g/mol. The fraction of sp³-hybridized carbons (Fsp3) is 0.105. The Bertz CT molecular complexity index is 1060. The van der Waals surface area contributed by atoms with E-state index in [2.05, 4.69) is 15.3 Å². The first-order chi connectivity index (χ1) is 12.7. The van der Waals surface area contributed by atoms with Gasteiger partial charge in [-0.25, -0.2) is 14.4 Å². The van der Waals surface area contributed by atoms with E-state index >= 15 is 0 Å². The molecule has 0 bridgehead atoms. The first-order valence-electron chi connectivity index (χ1n) is 8.06. The molecule has 0 unspecified atom stereocenters. The molecule has 5 nitrogen and oxygen atoms in total. The molecule has 0 aliphatic carbocycles. The maximum atomic E-state index is 13.7. The number of fused-ring (bicyclic) bond motifs is 1. The fourth-order valence-corrected chi connectivity index (χ4v) is 3.32. The molecule has 4 aromatic rings. The minimum atomic E-state index is -0.330. The third kappa shape index (κ3) is 3.21. The van der Waals surface area contributed by atoms with E-state index in [1.54, 1.807) is 23.7 Å². The van der Waals surface area contributed by atoms with Crippen LogP contribution in [0, 0.1) is 5.82 Å². The number of carbonyl (C=O) groups excluding carboxylic acids is 1. The number of hydrogen-bond donors (Lipinski definition) is 1. The Balaban J connectivity index is 1.59. The third-order valence-electron chi connectivity index (χ3n) is 4.05. The maximum Gasteiger partial charge on any atom is 0.240 e. The number of carbonyl (C=O) groups is 1. The predicted octanol–water partition coefficient (Wildman–Crippen LogP) is 3.62. The molecule has 0 saturated carbocycles. The number of nitrogens with zero attached hydrogens (tertiary/aromatic N) is 3. The second-order valence-corrected chi connectivity index (χ2v) is 6.47. The Morgan fingerprint density at radius 1 is 1.15 bits per heavy atom. The second kappa shape index (κ2) is 7.05. The van der Waals surface area contributed by atoms with E-state index in [0.717, 1.165) is 16.7 Å². The van der Waals surface area contributed by atoms with Gasteiger partial charge in [-0.1, -0.05) is 30.3 Å². The maximum absolute atomic E-state index is 13.7. The predicted molar refractivity (Wildman–Crippen MR) is 99.1 cm³/mol. The number of benzene rings is 2. The number of thiazole rings is 1. The van der Waals surface area contributed by atoms with Crippen LogP contribution in [-0.2, 0) is 17.9 Å². The summed E-state index contributed by atoms with van der Waals surface area (Å²) >= 11 is 1.47. The second-order valence-electron chi connectivity index (χ2n) is 5.75. The molecule has 1 N–H and O–H groups in total. The van der Waals surface area contributed by atoms with Gasteiger partial charge in [0.1, 0.15) is 18.1 Å². The van der Waals surface area contributed by atoms with Crippen molar-refractivity contribution in [2.24, 2.45) is 0 Å². The van der Waals surface area contributed by atoms with Crippen molar-refractivity contribution in [1.82, 2.24) is 19.9 Å². The van der Waals surface area contributed by atoms with Crippen molar-refractivity contribution < 1.29 is 9.18 Å². The number of halogens is 1. The lowest BCUT2D eigenvalue weighted by molar-refractivity contribution is -0.121. The van der Waals surface area contributed by atoms with Gasteiger partial charge in [0.05, 0.1) is 16.5 Å². The van der Waals surface area contributed by atoms with E-state index in [9.17, 15) is 9.18 Å². The van der Waals surface area contributed by atoms with Gasteiger partial charge in [-0.05, 0) is 18.2 Å². The summed E-state index contributed by atoms with van der Waals surface area (Å²) in [5.74, 6) is 0.102. The van der Waals surface area contributed by atoms with Crippen LogP contribution in [0.25, 0.3) is 22.6 Å². The molecular weight excluding hydrogens is 351 g/mol. The van der Waals surface area contributed by atoms with Gasteiger partial charge in [0.15, 0.2) is 5.82 Å². The average Bonchev–Trinajstić information content (AvgIpc) is 3.29. The van der Waals surface area contributed by atoms with Crippen molar-refractivity contribution in [2.45, 2.75) is 13.1 Å². The zero-order valence-electron chi connectivity index (χ0n) is 13.7. The Morgan fingerprint density at radius 3 is 2.77 bits per heavy atom. The average molecular weight is 366 g/mol. The topological polar surface area (TPSA) is 59.8 Å². The highest BCUT2D eigenvalue weighted by Gasteiger charge is 2.16. The zero-order chi connectivity index (χ0) is 17.9. The zero-order valence-corrected chi connectivity index (χ0v) is 14.5. The Morgan fingerprint density at radius 2 is 1.96 bits per heavy atom. The van der Waals surface area contributed by atoms with Crippen LogP contribution >= 0.6 is 11.3 Å². The molecule has 0 atom stereocenters. The molecule has 1 amide bonds. The lowest BCUT2D eigenvalue weighted by Gasteiger charge is -2.09. The molecule has 7 heteroatoms. The van der Waals surface area contributed by atoms with Crippen molar-refractivity contribution in [2.75, 3.05) is 0 Å². The van der Waals surface area contributed by atoms with Crippen molar-refractivity contribution in [3.63, 3.8) is 0 Å². The molecule has 2 aromatic heterocycles. The molecular formula is C19H15FN4OS. The normalized spacial score (nSPS) is 11.0. The first kappa shape index (κ1) is 16.4.